The molecule has 2 amide bonds. The fourth-order valence-electron chi connectivity index (χ4n) is 4.71. The summed E-state index contributed by atoms with van der Waals surface area (Å²) >= 11 is 9.12. The maximum Gasteiger partial charge on any atom is 0.242 e. The summed E-state index contributed by atoms with van der Waals surface area (Å²) in [5.74, 6) is 1.90. The van der Waals surface area contributed by atoms with Crippen LogP contribution in [0.4, 0.5) is 0 Å². The first-order valence-corrected chi connectivity index (χ1v) is 15.5. The van der Waals surface area contributed by atoms with Gasteiger partial charge >= 0.3 is 0 Å². The van der Waals surface area contributed by atoms with E-state index in [1.807, 2.05) is 16.7 Å². The van der Waals surface area contributed by atoms with Gasteiger partial charge in [-0.05, 0) is 43.9 Å². The van der Waals surface area contributed by atoms with Crippen LogP contribution in [0.1, 0.15) is 30.6 Å². The largest absolute Gasteiger partial charge is 0.337 e. The third-order valence-corrected chi connectivity index (χ3v) is 9.69. The van der Waals surface area contributed by atoms with Crippen molar-refractivity contribution in [1.29, 1.82) is 0 Å². The molecule has 3 fully saturated rings. The molecule has 8 nitrogen and oxygen atoms in total. The molecule has 0 aliphatic carbocycles. The van der Waals surface area contributed by atoms with Crippen molar-refractivity contribution in [2.45, 2.75) is 37.8 Å². The van der Waals surface area contributed by atoms with E-state index in [1.54, 1.807) is 12.1 Å². The number of thiophene rings is 1. The summed E-state index contributed by atoms with van der Waals surface area (Å²) in [5.41, 5.74) is 0. The van der Waals surface area contributed by atoms with Gasteiger partial charge in [0, 0.05) is 60.6 Å². The zero-order valence-corrected chi connectivity index (χ0v) is 22.2. The van der Waals surface area contributed by atoms with Crippen molar-refractivity contribution in [2.75, 3.05) is 50.8 Å². The van der Waals surface area contributed by atoms with Gasteiger partial charge in [0.05, 0.1) is 10.9 Å². The predicted molar refractivity (Wildman–Crippen MR) is 139 cm³/mol. The minimum Gasteiger partial charge on any atom is -0.337 e. The van der Waals surface area contributed by atoms with Gasteiger partial charge in [0.1, 0.15) is 6.04 Å². The smallest absolute Gasteiger partial charge is 0.242 e. The van der Waals surface area contributed by atoms with Gasteiger partial charge < -0.3 is 9.80 Å². The summed E-state index contributed by atoms with van der Waals surface area (Å²) in [4.78, 5) is 32.7. The molecule has 188 valence electrons. The molecule has 0 bridgehead atoms. The van der Waals surface area contributed by atoms with E-state index in [9.17, 15) is 18.0 Å². The molecule has 2 atom stereocenters. The lowest BCUT2D eigenvalue weighted by atomic mass is 10.1. The van der Waals surface area contributed by atoms with Crippen LogP contribution in [0.25, 0.3) is 6.08 Å². The Labute approximate surface area is 214 Å². The molecule has 0 spiro atoms. The van der Waals surface area contributed by atoms with Crippen LogP contribution in [0.15, 0.2) is 17.5 Å². The van der Waals surface area contributed by atoms with E-state index in [2.05, 4.69) is 9.62 Å². The number of carbonyl (C=O) groups is 2. The molecule has 34 heavy (non-hydrogen) atoms. The number of likely N-dealkylation sites (tertiary alicyclic amines) is 2. The van der Waals surface area contributed by atoms with Crippen LogP contribution in [0.2, 0.25) is 4.34 Å². The Hall–Kier alpha value is -1.11. The number of carbonyl (C=O) groups excluding carboxylic acids is 2. The lowest BCUT2D eigenvalue weighted by Gasteiger charge is -2.35. The van der Waals surface area contributed by atoms with Crippen molar-refractivity contribution in [3.8, 4) is 0 Å². The first kappa shape index (κ1) is 26.0. The predicted octanol–water partition coefficient (Wildman–Crippen LogP) is 2.32. The average molecular weight is 547 g/mol. The molecule has 0 radical (unpaired) electrons. The number of amides is 2. The molecule has 4 rings (SSSR count). The van der Waals surface area contributed by atoms with Crippen LogP contribution in [0, 0.1) is 0 Å². The maximum absolute atomic E-state index is 13.1. The Kier molecular flexibility index (Phi) is 8.97. The number of nitrogens with zero attached hydrogens (tertiary/aromatic N) is 3. The van der Waals surface area contributed by atoms with Crippen molar-refractivity contribution in [3.05, 3.63) is 26.8 Å². The lowest BCUT2D eigenvalue weighted by Crippen LogP contribution is -2.55. The third kappa shape index (κ3) is 6.98. The lowest BCUT2D eigenvalue weighted by molar-refractivity contribution is -0.143. The Balaban J connectivity index is 1.32. The number of rotatable bonds is 8. The molecule has 1 aromatic rings. The zero-order valence-electron chi connectivity index (χ0n) is 19.0. The summed E-state index contributed by atoms with van der Waals surface area (Å²) in [6, 6.07) is 2.76. The number of nitrogens with one attached hydrogen (secondary N) is 1. The SMILES string of the molecule is O=C1[C@@H](NS(=O)(=O)C=Cc2ccc(Cl)s2)CCCN1CC(=O)N1CCC[C@H]1CN1CCSCC1. The van der Waals surface area contributed by atoms with Gasteiger partial charge in [0.2, 0.25) is 21.8 Å². The molecule has 3 aliphatic heterocycles. The number of hydrogen-bond donors (Lipinski definition) is 1. The number of halogens is 1. The van der Waals surface area contributed by atoms with Crippen molar-refractivity contribution < 1.29 is 18.0 Å². The standard InChI is InChI=1S/C22H31ClN4O4S3/c23-20-6-5-18(33-20)7-14-34(30,31)24-19-4-2-8-26(22(19)29)16-21(28)27-9-1-3-17(27)15-25-10-12-32-13-11-25/h5-7,14,17,19,24H,1-4,8-13,15-16H2/t17-,19-/m0/s1. The van der Waals surface area contributed by atoms with E-state index in [0.717, 1.165) is 55.9 Å². The van der Waals surface area contributed by atoms with E-state index in [-0.39, 0.29) is 24.4 Å². The van der Waals surface area contributed by atoms with Gasteiger partial charge in [-0.1, -0.05) is 11.6 Å². The van der Waals surface area contributed by atoms with Crippen LogP contribution in [0.5, 0.6) is 0 Å². The van der Waals surface area contributed by atoms with Gasteiger partial charge in [0.25, 0.3) is 0 Å². The van der Waals surface area contributed by atoms with Crippen LogP contribution < -0.4 is 4.72 Å². The number of piperidine rings is 1. The second kappa shape index (κ2) is 11.7. The normalized spacial score (nSPS) is 24.9. The van der Waals surface area contributed by atoms with E-state index in [1.165, 1.54) is 22.3 Å². The summed E-state index contributed by atoms with van der Waals surface area (Å²) in [5, 5.41) is 1.06. The number of sulfonamides is 1. The molecular weight excluding hydrogens is 516 g/mol. The van der Waals surface area contributed by atoms with Crippen molar-refractivity contribution in [1.82, 2.24) is 19.4 Å². The molecule has 1 N–H and O–H groups in total. The Morgan fingerprint density at radius 1 is 1.15 bits per heavy atom. The minimum absolute atomic E-state index is 0.00689. The molecular formula is C22H31ClN4O4S3. The molecule has 0 aromatic carbocycles. The van der Waals surface area contributed by atoms with Crippen molar-refractivity contribution in [2.24, 2.45) is 0 Å². The molecule has 3 saturated heterocycles. The van der Waals surface area contributed by atoms with Gasteiger partial charge in [-0.3, -0.25) is 14.5 Å². The third-order valence-electron chi connectivity index (χ3n) is 6.44. The fraction of sp³-hybridized carbons (Fsp3) is 0.636. The Bertz CT molecular complexity index is 1010. The number of hydrogen-bond acceptors (Lipinski definition) is 7. The highest BCUT2D eigenvalue weighted by Gasteiger charge is 2.35. The quantitative estimate of drug-likeness (QED) is 0.538. The van der Waals surface area contributed by atoms with Gasteiger partial charge in [-0.15, -0.1) is 11.3 Å². The van der Waals surface area contributed by atoms with Crippen LogP contribution >= 0.6 is 34.7 Å². The molecule has 3 aliphatic rings. The van der Waals surface area contributed by atoms with E-state index in [4.69, 9.17) is 11.6 Å². The highest BCUT2D eigenvalue weighted by molar-refractivity contribution is 7.99. The molecule has 1 aromatic heterocycles. The Morgan fingerprint density at radius 2 is 1.91 bits per heavy atom. The summed E-state index contributed by atoms with van der Waals surface area (Å²) in [6.45, 7) is 4.21. The summed E-state index contributed by atoms with van der Waals surface area (Å²) < 4.78 is 28.1. The zero-order chi connectivity index (χ0) is 24.1. The van der Waals surface area contributed by atoms with Gasteiger partial charge in [-0.2, -0.15) is 16.5 Å². The summed E-state index contributed by atoms with van der Waals surface area (Å²) in [6.07, 6.45) is 4.50. The van der Waals surface area contributed by atoms with Crippen molar-refractivity contribution in [3.63, 3.8) is 0 Å². The Morgan fingerprint density at radius 3 is 2.65 bits per heavy atom. The van der Waals surface area contributed by atoms with Crippen LogP contribution in [0.3, 0.4) is 0 Å². The molecule has 0 saturated carbocycles. The summed E-state index contributed by atoms with van der Waals surface area (Å²) in [7, 11) is -3.81. The van der Waals surface area contributed by atoms with E-state index < -0.39 is 16.1 Å². The number of thioether (sulfide) groups is 1. The first-order valence-electron chi connectivity index (χ1n) is 11.6. The fourth-order valence-corrected chi connectivity index (χ4v) is 7.76. The van der Waals surface area contributed by atoms with Gasteiger partial charge in [0.15, 0.2) is 0 Å². The maximum atomic E-state index is 13.1. The second-order valence-electron chi connectivity index (χ2n) is 8.86. The van der Waals surface area contributed by atoms with Crippen LogP contribution in [-0.4, -0.2) is 97.8 Å². The average Bonchev–Trinajstić information content (AvgIpc) is 3.44. The second-order valence-corrected chi connectivity index (χ2v) is 13.4. The first-order chi connectivity index (χ1) is 16.3. The molecule has 0 unspecified atom stereocenters. The minimum atomic E-state index is -3.81. The van der Waals surface area contributed by atoms with E-state index >= 15 is 0 Å². The highest BCUT2D eigenvalue weighted by atomic mass is 35.5. The van der Waals surface area contributed by atoms with Crippen molar-refractivity contribution >= 4 is 62.6 Å². The molecule has 4 heterocycles. The van der Waals surface area contributed by atoms with Crippen LogP contribution in [-0.2, 0) is 19.6 Å². The topological polar surface area (TPSA) is 90.0 Å². The van der Waals surface area contributed by atoms with E-state index in [0.29, 0.717) is 28.6 Å². The van der Waals surface area contributed by atoms with Gasteiger partial charge in [-0.25, -0.2) is 8.42 Å². The molecule has 12 heteroatoms. The monoisotopic (exact) mass is 546 g/mol. The highest BCUT2D eigenvalue weighted by Crippen LogP contribution is 2.23.